The third kappa shape index (κ3) is 4.30. The van der Waals surface area contributed by atoms with Crippen molar-refractivity contribution in [3.8, 4) is 0 Å². The van der Waals surface area contributed by atoms with Crippen molar-refractivity contribution in [1.29, 1.82) is 0 Å². The highest BCUT2D eigenvalue weighted by molar-refractivity contribution is 6.00. The van der Waals surface area contributed by atoms with Gasteiger partial charge in [-0.1, -0.05) is 18.9 Å². The Balaban J connectivity index is 1.58. The minimum atomic E-state index is -4.48. The number of aliphatic hydroxyl groups excluding tert-OH is 1. The molecule has 1 aliphatic carbocycles. The third-order valence-corrected chi connectivity index (χ3v) is 5.36. The number of hydrogen-bond acceptors (Lipinski definition) is 4. The highest BCUT2D eigenvalue weighted by atomic mass is 19.4. The number of carbonyl (C=O) groups is 1. The number of amides is 1. The van der Waals surface area contributed by atoms with Crippen molar-refractivity contribution in [3.63, 3.8) is 0 Å². The number of alkyl halides is 3. The Kier molecular flexibility index (Phi) is 5.46. The summed E-state index contributed by atoms with van der Waals surface area (Å²) in [7, 11) is 0. The van der Waals surface area contributed by atoms with Crippen molar-refractivity contribution in [2.24, 2.45) is 0 Å². The molecule has 6 nitrogen and oxygen atoms in total. The van der Waals surface area contributed by atoms with Crippen molar-refractivity contribution in [1.82, 2.24) is 19.7 Å². The fourth-order valence-corrected chi connectivity index (χ4v) is 3.81. The lowest BCUT2D eigenvalue weighted by molar-refractivity contribution is -0.141. The maximum Gasteiger partial charge on any atom is 0.433 e. The summed E-state index contributed by atoms with van der Waals surface area (Å²) in [5.41, 5.74) is 1.22. The van der Waals surface area contributed by atoms with Crippen LogP contribution in [0.4, 0.5) is 13.2 Å². The third-order valence-electron chi connectivity index (χ3n) is 5.36. The molecule has 1 aliphatic rings. The Morgan fingerprint density at radius 1 is 1.20 bits per heavy atom. The van der Waals surface area contributed by atoms with Crippen molar-refractivity contribution in [3.05, 3.63) is 65.4 Å². The molecule has 0 bridgehead atoms. The van der Waals surface area contributed by atoms with Crippen molar-refractivity contribution in [2.75, 3.05) is 0 Å². The Morgan fingerprint density at radius 2 is 2.00 bits per heavy atom. The van der Waals surface area contributed by atoms with Crippen LogP contribution in [0.5, 0.6) is 0 Å². The number of rotatable bonds is 4. The van der Waals surface area contributed by atoms with Gasteiger partial charge in [-0.25, -0.2) is 4.98 Å². The van der Waals surface area contributed by atoms with E-state index in [1.54, 1.807) is 29.1 Å². The molecule has 158 valence electrons. The van der Waals surface area contributed by atoms with Gasteiger partial charge in [0.15, 0.2) is 0 Å². The van der Waals surface area contributed by atoms with Crippen LogP contribution in [0.15, 0.2) is 43.0 Å². The summed E-state index contributed by atoms with van der Waals surface area (Å²) < 4.78 is 39.8. The van der Waals surface area contributed by atoms with Crippen molar-refractivity contribution in [2.45, 2.75) is 50.4 Å². The Hall–Kier alpha value is -2.94. The van der Waals surface area contributed by atoms with Gasteiger partial charge >= 0.3 is 6.18 Å². The van der Waals surface area contributed by atoms with Crippen LogP contribution in [0.25, 0.3) is 5.65 Å². The Morgan fingerprint density at radius 3 is 2.70 bits per heavy atom. The first-order valence-corrected chi connectivity index (χ1v) is 9.78. The van der Waals surface area contributed by atoms with Gasteiger partial charge in [-0.2, -0.15) is 13.2 Å². The molecule has 3 aromatic heterocycles. The van der Waals surface area contributed by atoms with Crippen LogP contribution in [0, 0.1) is 0 Å². The first-order valence-electron chi connectivity index (χ1n) is 9.78. The molecule has 3 heterocycles. The van der Waals surface area contributed by atoms with Gasteiger partial charge in [0.2, 0.25) is 0 Å². The van der Waals surface area contributed by atoms with Crippen LogP contribution in [-0.2, 0) is 12.6 Å². The van der Waals surface area contributed by atoms with Crippen LogP contribution in [0.1, 0.15) is 52.9 Å². The zero-order valence-corrected chi connectivity index (χ0v) is 16.1. The van der Waals surface area contributed by atoms with E-state index in [-0.39, 0.29) is 11.9 Å². The number of halogens is 3. The second-order valence-electron chi connectivity index (χ2n) is 7.58. The van der Waals surface area contributed by atoms with Crippen LogP contribution in [0.3, 0.4) is 0 Å². The first kappa shape index (κ1) is 20.3. The van der Waals surface area contributed by atoms with Crippen LogP contribution < -0.4 is 5.32 Å². The summed E-state index contributed by atoms with van der Waals surface area (Å²) in [5.74, 6) is -0.329. The molecule has 9 heteroatoms. The smallest absolute Gasteiger partial charge is 0.391 e. The number of nitrogens with one attached hydrogen (secondary N) is 1. The summed E-state index contributed by atoms with van der Waals surface area (Å²) in [6, 6.07) is 3.71. The van der Waals surface area contributed by atoms with E-state index in [9.17, 15) is 23.1 Å². The predicted octanol–water partition coefficient (Wildman–Crippen LogP) is 3.37. The summed E-state index contributed by atoms with van der Waals surface area (Å²) in [5, 5.41) is 13.0. The topological polar surface area (TPSA) is 79.5 Å². The van der Waals surface area contributed by atoms with E-state index < -0.39 is 18.0 Å². The molecular formula is C21H21F3N4O2. The van der Waals surface area contributed by atoms with E-state index in [0.29, 0.717) is 36.0 Å². The molecule has 1 fully saturated rings. The van der Waals surface area contributed by atoms with Crippen molar-refractivity contribution >= 4 is 11.6 Å². The maximum absolute atomic E-state index is 12.9. The van der Waals surface area contributed by atoms with Crippen LogP contribution in [-0.4, -0.2) is 37.5 Å². The van der Waals surface area contributed by atoms with Gasteiger partial charge in [0, 0.05) is 31.2 Å². The normalized spacial score (nSPS) is 19.7. The first-order chi connectivity index (χ1) is 14.3. The number of fused-ring (bicyclic) bond motifs is 1. The standard InChI is InChI=1S/C21H21F3N4O2/c22-21(23,24)18-6-5-13(11-26-18)9-14-10-15(19-25-7-8-28(19)12-14)20(30)27-16-3-1-2-4-17(16)29/h5-8,10-12,16-17,29H,1-4,9H2,(H,27,30)/t16-,17-/m0/s1. The molecular weight excluding hydrogens is 397 g/mol. The highest BCUT2D eigenvalue weighted by Gasteiger charge is 2.32. The molecule has 0 unspecified atom stereocenters. The van der Waals surface area contributed by atoms with E-state index in [2.05, 4.69) is 15.3 Å². The van der Waals surface area contributed by atoms with E-state index >= 15 is 0 Å². The monoisotopic (exact) mass is 418 g/mol. The maximum atomic E-state index is 12.9. The SMILES string of the molecule is O=C(N[C@H]1CCCC[C@@H]1O)c1cc(Cc2ccc(C(F)(F)F)nc2)cn2ccnc12. The molecule has 0 aliphatic heterocycles. The van der Waals surface area contributed by atoms with Crippen molar-refractivity contribution < 1.29 is 23.1 Å². The molecule has 0 spiro atoms. The molecule has 1 amide bonds. The van der Waals surface area contributed by atoms with Gasteiger partial charge < -0.3 is 14.8 Å². The van der Waals surface area contributed by atoms with Crippen LogP contribution >= 0.6 is 0 Å². The fourth-order valence-electron chi connectivity index (χ4n) is 3.81. The number of aliphatic hydroxyl groups is 1. The van der Waals surface area contributed by atoms with Crippen LogP contribution in [0.2, 0.25) is 0 Å². The average Bonchev–Trinajstić information content (AvgIpc) is 3.17. The van der Waals surface area contributed by atoms with E-state index in [1.165, 1.54) is 12.3 Å². The lowest BCUT2D eigenvalue weighted by Gasteiger charge is -2.28. The lowest BCUT2D eigenvalue weighted by Crippen LogP contribution is -2.45. The zero-order chi connectivity index (χ0) is 21.3. The summed E-state index contributed by atoms with van der Waals surface area (Å²) >= 11 is 0. The quantitative estimate of drug-likeness (QED) is 0.681. The second-order valence-corrected chi connectivity index (χ2v) is 7.58. The summed E-state index contributed by atoms with van der Waals surface area (Å²) in [6.45, 7) is 0. The summed E-state index contributed by atoms with van der Waals surface area (Å²) in [4.78, 5) is 20.6. The van der Waals surface area contributed by atoms with Gasteiger partial charge in [-0.3, -0.25) is 9.78 Å². The Bertz CT molecular complexity index is 1050. The average molecular weight is 418 g/mol. The highest BCUT2D eigenvalue weighted by Crippen LogP contribution is 2.27. The molecule has 2 atom stereocenters. The molecule has 3 aromatic rings. The van der Waals surface area contributed by atoms with Gasteiger partial charge in [-0.05, 0) is 36.1 Å². The molecule has 0 saturated heterocycles. The van der Waals surface area contributed by atoms with Gasteiger partial charge in [0.05, 0.1) is 17.7 Å². The van der Waals surface area contributed by atoms with Gasteiger partial charge in [-0.15, -0.1) is 0 Å². The van der Waals surface area contributed by atoms with Gasteiger partial charge in [0.25, 0.3) is 5.91 Å². The Labute approximate surface area is 170 Å². The minimum absolute atomic E-state index is 0.302. The second kappa shape index (κ2) is 8.06. The largest absolute Gasteiger partial charge is 0.433 e. The molecule has 2 N–H and O–H groups in total. The molecule has 4 rings (SSSR count). The number of carbonyl (C=O) groups excluding carboxylic acids is 1. The fraction of sp³-hybridized carbons (Fsp3) is 0.381. The molecule has 30 heavy (non-hydrogen) atoms. The minimum Gasteiger partial charge on any atom is -0.391 e. The molecule has 0 radical (unpaired) electrons. The van der Waals surface area contributed by atoms with E-state index in [4.69, 9.17) is 0 Å². The number of aromatic nitrogens is 3. The summed E-state index contributed by atoms with van der Waals surface area (Å²) in [6.07, 6.45) is 4.77. The molecule has 1 saturated carbocycles. The zero-order valence-electron chi connectivity index (χ0n) is 16.1. The van der Waals surface area contributed by atoms with E-state index in [1.807, 2.05) is 0 Å². The number of hydrogen-bond donors (Lipinski definition) is 2. The molecule has 0 aromatic carbocycles. The number of imidazole rings is 1. The number of pyridine rings is 2. The van der Waals surface area contributed by atoms with Gasteiger partial charge in [0.1, 0.15) is 11.3 Å². The number of nitrogens with zero attached hydrogens (tertiary/aromatic N) is 3. The predicted molar refractivity (Wildman–Crippen MR) is 103 cm³/mol. The lowest BCUT2D eigenvalue weighted by atomic mass is 9.92. The van der Waals surface area contributed by atoms with E-state index in [0.717, 1.165) is 24.5 Å².